The molecule has 1 atom stereocenters. The van der Waals surface area contributed by atoms with Crippen molar-refractivity contribution >= 4 is 0 Å². The second kappa shape index (κ2) is 5.69. The fraction of sp³-hybridized carbons (Fsp3) is 0.250. The lowest BCUT2D eigenvalue weighted by atomic mass is 10.1. The molecule has 2 aromatic rings. The van der Waals surface area contributed by atoms with Gasteiger partial charge in [-0.1, -0.05) is 36.8 Å². The zero-order valence-corrected chi connectivity index (χ0v) is 10.9. The minimum atomic E-state index is 0.0755. The molecule has 0 heterocycles. The molecule has 18 heavy (non-hydrogen) atoms. The molecule has 0 spiro atoms. The highest BCUT2D eigenvalue weighted by atomic mass is 16.5. The van der Waals surface area contributed by atoms with E-state index in [0.717, 1.165) is 23.5 Å². The number of aryl methyl sites for hydroxylation is 1. The number of hydrogen-bond donors (Lipinski definition) is 1. The molecule has 0 aliphatic carbocycles. The Bertz CT molecular complexity index is 505. The van der Waals surface area contributed by atoms with E-state index in [1.807, 2.05) is 48.5 Å². The van der Waals surface area contributed by atoms with Crippen molar-refractivity contribution in [3.8, 4) is 11.5 Å². The van der Waals surface area contributed by atoms with Crippen LogP contribution in [0.5, 0.6) is 11.5 Å². The van der Waals surface area contributed by atoms with E-state index >= 15 is 0 Å². The topological polar surface area (TPSA) is 35.2 Å². The summed E-state index contributed by atoms with van der Waals surface area (Å²) < 4.78 is 5.81. The molecule has 0 aromatic heterocycles. The predicted octanol–water partition coefficient (Wildman–Crippen LogP) is 4.20. The molecule has 2 nitrogen and oxygen atoms in total. The number of hydrogen-bond acceptors (Lipinski definition) is 2. The van der Waals surface area contributed by atoms with E-state index in [1.165, 1.54) is 5.56 Å². The van der Waals surface area contributed by atoms with Gasteiger partial charge >= 0.3 is 0 Å². The summed E-state index contributed by atoms with van der Waals surface area (Å²) >= 11 is 0. The van der Waals surface area contributed by atoms with Gasteiger partial charge < -0.3 is 10.5 Å². The van der Waals surface area contributed by atoms with Crippen LogP contribution in [0.2, 0.25) is 0 Å². The highest BCUT2D eigenvalue weighted by Crippen LogP contribution is 2.25. The van der Waals surface area contributed by atoms with Gasteiger partial charge in [-0.2, -0.15) is 0 Å². The van der Waals surface area contributed by atoms with E-state index in [4.69, 9.17) is 10.5 Å². The Hall–Kier alpha value is -1.80. The summed E-state index contributed by atoms with van der Waals surface area (Å²) in [5.41, 5.74) is 8.36. The Morgan fingerprint density at radius 3 is 2.44 bits per heavy atom. The lowest BCUT2D eigenvalue weighted by Gasteiger charge is -2.11. The molecule has 2 N–H and O–H groups in total. The molecule has 0 bridgehead atoms. The standard InChI is InChI=1S/C16H19NO/c1-3-16(17)13-5-4-6-15(11-13)18-14-9-7-12(2)8-10-14/h4-11,16H,3,17H2,1-2H3. The highest BCUT2D eigenvalue weighted by molar-refractivity contribution is 5.35. The van der Waals surface area contributed by atoms with Gasteiger partial charge in [-0.05, 0) is 43.2 Å². The second-order valence-electron chi connectivity index (χ2n) is 4.50. The van der Waals surface area contributed by atoms with Gasteiger partial charge in [0.25, 0.3) is 0 Å². The summed E-state index contributed by atoms with van der Waals surface area (Å²) in [6, 6.07) is 16.1. The number of rotatable bonds is 4. The SMILES string of the molecule is CCC(N)c1cccc(Oc2ccc(C)cc2)c1. The molecule has 0 radical (unpaired) electrons. The monoisotopic (exact) mass is 241 g/mol. The number of nitrogens with two attached hydrogens (primary N) is 1. The molecule has 2 rings (SSSR count). The van der Waals surface area contributed by atoms with E-state index < -0.39 is 0 Å². The Balaban J connectivity index is 2.16. The second-order valence-corrected chi connectivity index (χ2v) is 4.50. The molecule has 0 amide bonds. The molecule has 94 valence electrons. The first-order valence-corrected chi connectivity index (χ1v) is 6.29. The van der Waals surface area contributed by atoms with E-state index in [2.05, 4.69) is 13.8 Å². The number of ether oxygens (including phenoxy) is 1. The zero-order chi connectivity index (χ0) is 13.0. The van der Waals surface area contributed by atoms with E-state index in [0.29, 0.717) is 0 Å². The molecule has 0 fully saturated rings. The van der Waals surface area contributed by atoms with Crippen LogP contribution in [0.1, 0.15) is 30.5 Å². The summed E-state index contributed by atoms with van der Waals surface area (Å²) in [4.78, 5) is 0. The van der Waals surface area contributed by atoms with Crippen molar-refractivity contribution in [3.63, 3.8) is 0 Å². The lowest BCUT2D eigenvalue weighted by molar-refractivity contribution is 0.481. The Morgan fingerprint density at radius 2 is 1.78 bits per heavy atom. The van der Waals surface area contributed by atoms with Crippen molar-refractivity contribution in [2.24, 2.45) is 5.73 Å². The van der Waals surface area contributed by atoms with Crippen LogP contribution in [0.15, 0.2) is 48.5 Å². The average Bonchev–Trinajstić information content (AvgIpc) is 2.41. The van der Waals surface area contributed by atoms with E-state index in [9.17, 15) is 0 Å². The molecule has 1 unspecified atom stereocenters. The first-order chi connectivity index (χ1) is 8.69. The average molecular weight is 241 g/mol. The molecule has 2 aromatic carbocycles. The smallest absolute Gasteiger partial charge is 0.127 e. The van der Waals surface area contributed by atoms with E-state index in [1.54, 1.807) is 0 Å². The molecule has 2 heteroatoms. The predicted molar refractivity (Wildman–Crippen MR) is 74.9 cm³/mol. The maximum Gasteiger partial charge on any atom is 0.127 e. The minimum absolute atomic E-state index is 0.0755. The van der Waals surface area contributed by atoms with Crippen LogP contribution in [0.3, 0.4) is 0 Å². The van der Waals surface area contributed by atoms with Crippen molar-refractivity contribution < 1.29 is 4.74 Å². The number of benzene rings is 2. The molecule has 0 saturated carbocycles. The first kappa shape index (κ1) is 12.7. The van der Waals surface area contributed by atoms with E-state index in [-0.39, 0.29) is 6.04 Å². The van der Waals surface area contributed by atoms with Crippen molar-refractivity contribution in [3.05, 3.63) is 59.7 Å². The van der Waals surface area contributed by atoms with Crippen LogP contribution in [0.4, 0.5) is 0 Å². The van der Waals surface area contributed by atoms with Crippen LogP contribution in [0, 0.1) is 6.92 Å². The van der Waals surface area contributed by atoms with Gasteiger partial charge in [0, 0.05) is 6.04 Å². The van der Waals surface area contributed by atoms with Crippen LogP contribution < -0.4 is 10.5 Å². The van der Waals surface area contributed by atoms with Crippen molar-refractivity contribution in [2.45, 2.75) is 26.3 Å². The van der Waals surface area contributed by atoms with Gasteiger partial charge in [-0.25, -0.2) is 0 Å². The van der Waals surface area contributed by atoms with Crippen LogP contribution in [0.25, 0.3) is 0 Å². The van der Waals surface area contributed by atoms with Crippen molar-refractivity contribution in [2.75, 3.05) is 0 Å². The third kappa shape index (κ3) is 3.11. The Kier molecular flexibility index (Phi) is 4.00. The summed E-state index contributed by atoms with van der Waals surface area (Å²) in [6.45, 7) is 4.14. The summed E-state index contributed by atoms with van der Waals surface area (Å²) in [5.74, 6) is 1.68. The van der Waals surface area contributed by atoms with Crippen molar-refractivity contribution in [1.82, 2.24) is 0 Å². The third-order valence-electron chi connectivity index (χ3n) is 2.98. The fourth-order valence-electron chi connectivity index (χ4n) is 1.79. The maximum absolute atomic E-state index is 6.02. The normalized spacial score (nSPS) is 12.2. The quantitative estimate of drug-likeness (QED) is 0.870. The Morgan fingerprint density at radius 1 is 1.06 bits per heavy atom. The van der Waals surface area contributed by atoms with Gasteiger partial charge in [0.15, 0.2) is 0 Å². The zero-order valence-electron chi connectivity index (χ0n) is 10.9. The van der Waals surface area contributed by atoms with Crippen LogP contribution in [-0.2, 0) is 0 Å². The molecule has 0 aliphatic rings. The third-order valence-corrected chi connectivity index (χ3v) is 2.98. The largest absolute Gasteiger partial charge is 0.457 e. The van der Waals surface area contributed by atoms with Gasteiger partial charge in [0.1, 0.15) is 11.5 Å². The molecular formula is C16H19NO. The summed E-state index contributed by atoms with van der Waals surface area (Å²) in [7, 11) is 0. The van der Waals surface area contributed by atoms with Crippen LogP contribution in [-0.4, -0.2) is 0 Å². The first-order valence-electron chi connectivity index (χ1n) is 6.29. The van der Waals surface area contributed by atoms with Gasteiger partial charge in [0.05, 0.1) is 0 Å². The van der Waals surface area contributed by atoms with Gasteiger partial charge in [-0.15, -0.1) is 0 Å². The highest BCUT2D eigenvalue weighted by Gasteiger charge is 2.04. The van der Waals surface area contributed by atoms with Crippen LogP contribution >= 0.6 is 0 Å². The summed E-state index contributed by atoms with van der Waals surface area (Å²) in [5, 5.41) is 0. The maximum atomic E-state index is 6.02. The molecule has 0 saturated heterocycles. The van der Waals surface area contributed by atoms with Crippen molar-refractivity contribution in [1.29, 1.82) is 0 Å². The van der Waals surface area contributed by atoms with Gasteiger partial charge in [0.2, 0.25) is 0 Å². The van der Waals surface area contributed by atoms with Gasteiger partial charge in [-0.3, -0.25) is 0 Å². The summed E-state index contributed by atoms with van der Waals surface area (Å²) in [6.07, 6.45) is 0.925. The minimum Gasteiger partial charge on any atom is -0.457 e. The molecular weight excluding hydrogens is 222 g/mol. The fourth-order valence-corrected chi connectivity index (χ4v) is 1.79. The Labute approximate surface area is 108 Å². The molecule has 0 aliphatic heterocycles. The lowest BCUT2D eigenvalue weighted by Crippen LogP contribution is -2.08.